The monoisotopic (exact) mass is 533 g/mol. The minimum absolute atomic E-state index is 0.0402. The van der Waals surface area contributed by atoms with Gasteiger partial charge in [0.2, 0.25) is 5.91 Å². The molecule has 9 heteroatoms. The summed E-state index contributed by atoms with van der Waals surface area (Å²) < 4.78 is 27.9. The van der Waals surface area contributed by atoms with Gasteiger partial charge in [0.05, 0.1) is 21.8 Å². The topological polar surface area (TPSA) is 95.6 Å². The Kier molecular flexibility index (Phi) is 8.22. The summed E-state index contributed by atoms with van der Waals surface area (Å²) in [6, 6.07) is 30.0. The second-order valence-corrected chi connectivity index (χ2v) is 10.4. The Morgan fingerprint density at radius 3 is 2.03 bits per heavy atom. The number of rotatable bonds is 9. The number of hydrogen-bond donors (Lipinski definition) is 2. The summed E-state index contributed by atoms with van der Waals surface area (Å²) >= 11 is 5.99. The first-order valence-electron chi connectivity index (χ1n) is 11.4. The SMILES string of the molecule is O=C(CN(c1ccc(Cl)cc1)S(=O)(=O)c1ccccc1)Nc1ccccc1C(=O)NCc1ccccc1. The fraction of sp³-hybridized carbons (Fsp3) is 0.0714. The summed E-state index contributed by atoms with van der Waals surface area (Å²) in [4.78, 5) is 26.0. The number of carbonyl (C=O) groups is 2. The number of amides is 2. The second kappa shape index (κ2) is 11.7. The van der Waals surface area contributed by atoms with Gasteiger partial charge in [0.1, 0.15) is 6.54 Å². The average molecular weight is 534 g/mol. The van der Waals surface area contributed by atoms with E-state index < -0.39 is 22.5 Å². The zero-order chi connectivity index (χ0) is 26.3. The predicted octanol–water partition coefficient (Wildman–Crippen LogP) is 5.10. The van der Waals surface area contributed by atoms with E-state index in [1.807, 2.05) is 30.3 Å². The molecule has 0 atom stereocenters. The van der Waals surface area contributed by atoms with E-state index in [4.69, 9.17) is 11.6 Å². The van der Waals surface area contributed by atoms with Crippen LogP contribution in [-0.2, 0) is 21.4 Å². The van der Waals surface area contributed by atoms with E-state index in [1.165, 1.54) is 24.3 Å². The van der Waals surface area contributed by atoms with Gasteiger partial charge >= 0.3 is 0 Å². The normalized spacial score (nSPS) is 10.9. The van der Waals surface area contributed by atoms with E-state index in [0.29, 0.717) is 11.6 Å². The third kappa shape index (κ3) is 6.55. The van der Waals surface area contributed by atoms with E-state index in [0.717, 1.165) is 9.87 Å². The Morgan fingerprint density at radius 1 is 0.757 bits per heavy atom. The van der Waals surface area contributed by atoms with Gasteiger partial charge in [-0.15, -0.1) is 0 Å². The smallest absolute Gasteiger partial charge is 0.264 e. The number of carbonyl (C=O) groups excluding carboxylic acids is 2. The highest BCUT2D eigenvalue weighted by atomic mass is 35.5. The summed E-state index contributed by atoms with van der Waals surface area (Å²) in [6.45, 7) is -0.194. The molecule has 37 heavy (non-hydrogen) atoms. The molecule has 4 aromatic rings. The Labute approximate surface area is 220 Å². The maximum absolute atomic E-state index is 13.4. The molecule has 2 amide bonds. The van der Waals surface area contributed by atoms with Gasteiger partial charge in [-0.25, -0.2) is 8.42 Å². The first-order chi connectivity index (χ1) is 17.8. The van der Waals surface area contributed by atoms with Gasteiger partial charge in [-0.3, -0.25) is 13.9 Å². The quantitative estimate of drug-likeness (QED) is 0.313. The molecule has 0 unspecified atom stereocenters. The summed E-state index contributed by atoms with van der Waals surface area (Å²) in [6.07, 6.45) is 0. The van der Waals surface area contributed by atoms with Crippen LogP contribution in [0.15, 0.2) is 114 Å². The molecule has 0 saturated carbocycles. The minimum Gasteiger partial charge on any atom is -0.348 e. The van der Waals surface area contributed by atoms with Crippen molar-refractivity contribution < 1.29 is 18.0 Å². The molecule has 0 saturated heterocycles. The van der Waals surface area contributed by atoms with Gasteiger partial charge < -0.3 is 10.6 Å². The number of benzene rings is 4. The van der Waals surface area contributed by atoms with Crippen molar-refractivity contribution in [3.63, 3.8) is 0 Å². The van der Waals surface area contributed by atoms with Crippen LogP contribution in [0.5, 0.6) is 0 Å². The number of para-hydroxylation sites is 1. The maximum atomic E-state index is 13.4. The molecule has 0 aliphatic rings. The van der Waals surface area contributed by atoms with Crippen molar-refractivity contribution in [2.45, 2.75) is 11.4 Å². The molecule has 4 rings (SSSR count). The molecular formula is C28H24ClN3O4S. The van der Waals surface area contributed by atoms with Crippen LogP contribution in [0.25, 0.3) is 0 Å². The first-order valence-corrected chi connectivity index (χ1v) is 13.2. The third-order valence-corrected chi connectivity index (χ3v) is 7.51. The van der Waals surface area contributed by atoms with Crippen LogP contribution in [0.1, 0.15) is 15.9 Å². The average Bonchev–Trinajstić information content (AvgIpc) is 2.92. The lowest BCUT2D eigenvalue weighted by Crippen LogP contribution is -2.38. The predicted molar refractivity (Wildman–Crippen MR) is 145 cm³/mol. The van der Waals surface area contributed by atoms with Crippen LogP contribution in [0.2, 0.25) is 5.02 Å². The van der Waals surface area contributed by atoms with Crippen molar-refractivity contribution in [2.24, 2.45) is 0 Å². The molecule has 0 spiro atoms. The number of nitrogens with one attached hydrogen (secondary N) is 2. The highest BCUT2D eigenvalue weighted by Crippen LogP contribution is 2.25. The molecule has 0 aliphatic heterocycles. The minimum atomic E-state index is -4.07. The zero-order valence-electron chi connectivity index (χ0n) is 19.7. The van der Waals surface area contributed by atoms with E-state index in [2.05, 4.69) is 10.6 Å². The Morgan fingerprint density at radius 2 is 1.35 bits per heavy atom. The standard InChI is InChI=1S/C28H24ClN3O4S/c29-22-15-17-23(18-16-22)32(37(35,36)24-11-5-2-6-12-24)20-27(33)31-26-14-8-7-13-25(26)28(34)30-19-21-9-3-1-4-10-21/h1-18H,19-20H2,(H,30,34)(H,31,33). The Balaban J connectivity index is 1.55. The van der Waals surface area contributed by atoms with Crippen LogP contribution in [0.4, 0.5) is 11.4 Å². The van der Waals surface area contributed by atoms with Gasteiger partial charge in [-0.2, -0.15) is 0 Å². The molecule has 4 aromatic carbocycles. The van der Waals surface area contributed by atoms with Crippen molar-refractivity contribution in [3.05, 3.63) is 125 Å². The number of nitrogens with zero attached hydrogens (tertiary/aromatic N) is 1. The van der Waals surface area contributed by atoms with Gasteiger partial charge in [0.25, 0.3) is 15.9 Å². The molecule has 2 N–H and O–H groups in total. The maximum Gasteiger partial charge on any atom is 0.264 e. The summed E-state index contributed by atoms with van der Waals surface area (Å²) in [5.74, 6) is -0.982. The van der Waals surface area contributed by atoms with Crippen LogP contribution in [0.3, 0.4) is 0 Å². The highest BCUT2D eigenvalue weighted by Gasteiger charge is 2.27. The van der Waals surface area contributed by atoms with Crippen molar-refractivity contribution in [1.82, 2.24) is 5.32 Å². The number of hydrogen-bond acceptors (Lipinski definition) is 4. The largest absolute Gasteiger partial charge is 0.348 e. The van der Waals surface area contributed by atoms with Gasteiger partial charge in [0.15, 0.2) is 0 Å². The van der Waals surface area contributed by atoms with Gasteiger partial charge in [-0.1, -0.05) is 72.3 Å². The van der Waals surface area contributed by atoms with Crippen molar-refractivity contribution in [3.8, 4) is 0 Å². The molecular weight excluding hydrogens is 510 g/mol. The van der Waals surface area contributed by atoms with Crippen LogP contribution in [0, 0.1) is 0 Å². The number of sulfonamides is 1. The van der Waals surface area contributed by atoms with Crippen molar-refractivity contribution in [1.29, 1.82) is 0 Å². The fourth-order valence-electron chi connectivity index (χ4n) is 3.63. The van der Waals surface area contributed by atoms with E-state index in [-0.39, 0.29) is 27.7 Å². The Bertz CT molecular complexity index is 1480. The highest BCUT2D eigenvalue weighted by molar-refractivity contribution is 7.92. The van der Waals surface area contributed by atoms with Crippen LogP contribution < -0.4 is 14.9 Å². The van der Waals surface area contributed by atoms with Gasteiger partial charge in [-0.05, 0) is 54.1 Å². The lowest BCUT2D eigenvalue weighted by atomic mass is 10.1. The molecule has 0 radical (unpaired) electrons. The molecule has 0 aliphatic carbocycles. The second-order valence-electron chi connectivity index (χ2n) is 8.06. The molecule has 0 bridgehead atoms. The molecule has 0 aromatic heterocycles. The lowest BCUT2D eigenvalue weighted by molar-refractivity contribution is -0.114. The summed E-state index contributed by atoms with van der Waals surface area (Å²) in [7, 11) is -4.07. The number of anilines is 2. The lowest BCUT2D eigenvalue weighted by Gasteiger charge is -2.24. The van der Waals surface area contributed by atoms with Crippen molar-refractivity contribution >= 4 is 44.8 Å². The molecule has 7 nitrogen and oxygen atoms in total. The Hall–Kier alpha value is -4.14. The van der Waals surface area contributed by atoms with Crippen LogP contribution >= 0.6 is 11.6 Å². The molecule has 188 valence electrons. The number of halogens is 1. The van der Waals surface area contributed by atoms with E-state index >= 15 is 0 Å². The third-order valence-electron chi connectivity index (χ3n) is 5.47. The first kappa shape index (κ1) is 25.9. The summed E-state index contributed by atoms with van der Waals surface area (Å²) in [5, 5.41) is 5.96. The van der Waals surface area contributed by atoms with Gasteiger partial charge in [0, 0.05) is 11.6 Å². The summed E-state index contributed by atoms with van der Waals surface area (Å²) in [5.41, 5.74) is 1.74. The molecule has 0 heterocycles. The fourth-order valence-corrected chi connectivity index (χ4v) is 5.19. The van der Waals surface area contributed by atoms with E-state index in [9.17, 15) is 18.0 Å². The van der Waals surface area contributed by atoms with Crippen molar-refractivity contribution in [2.75, 3.05) is 16.2 Å². The van der Waals surface area contributed by atoms with E-state index in [1.54, 1.807) is 54.6 Å². The zero-order valence-corrected chi connectivity index (χ0v) is 21.2. The molecule has 0 fully saturated rings. The van der Waals surface area contributed by atoms with Crippen LogP contribution in [-0.4, -0.2) is 26.8 Å².